The van der Waals surface area contributed by atoms with Crippen molar-refractivity contribution < 1.29 is 0 Å². The predicted molar refractivity (Wildman–Crippen MR) is 343 cm³/mol. The summed E-state index contributed by atoms with van der Waals surface area (Å²) in [6.07, 6.45) is 13.5. The molecule has 13 rings (SSSR count). The van der Waals surface area contributed by atoms with Crippen LogP contribution in [0, 0.1) is 17.8 Å². The molecule has 10 aromatic carbocycles. The molecule has 0 heterocycles. The van der Waals surface area contributed by atoms with Crippen LogP contribution < -0.4 is 19.6 Å². The molecule has 0 aliphatic heterocycles. The van der Waals surface area contributed by atoms with E-state index in [1.807, 2.05) is 6.08 Å². The smallest absolute Gasteiger partial charge is 0.0463 e. The first kappa shape index (κ1) is 51.6. The lowest BCUT2D eigenvalue weighted by Crippen LogP contribution is -2.52. The zero-order valence-electron chi connectivity index (χ0n) is 46.7. The van der Waals surface area contributed by atoms with E-state index in [-0.39, 0.29) is 5.41 Å². The minimum Gasteiger partial charge on any atom is -0.311 e. The maximum atomic E-state index is 4.04. The van der Waals surface area contributed by atoms with Gasteiger partial charge in [0.2, 0.25) is 0 Å². The standard InChI is InChI=1S/C77H72N4/c1-3-5-18-58-29-36-67(37-30-58)81(68-38-34-62(35-39-68)77-55-59-31-52-76(77)75(54-60(53-59)56-77)61-32-27-57(4-2)28-33-61)74-50-48-73(49-51-74)80(66-25-16-9-17-26-66)72-46-44-71(45-47-72)79(65-23-14-8-15-24-65)70-42-40-69(41-43-70)78(63-19-10-6-11-20-63)64-21-12-7-13-22-64/h4,6-17,19-30,32-51,59-60,75-76H,2-3,5,18,31,52-56H2,1H3. The van der Waals surface area contributed by atoms with E-state index in [1.54, 1.807) is 5.56 Å². The van der Waals surface area contributed by atoms with E-state index in [0.29, 0.717) is 11.8 Å². The maximum absolute atomic E-state index is 4.04. The fourth-order valence-corrected chi connectivity index (χ4v) is 14.4. The molecule has 3 aliphatic rings. The third kappa shape index (κ3) is 10.5. The molecule has 400 valence electrons. The van der Waals surface area contributed by atoms with Crippen LogP contribution in [0.5, 0.6) is 0 Å². The number of rotatable bonds is 18. The lowest BCUT2D eigenvalue weighted by atomic mass is 9.44. The highest BCUT2D eigenvalue weighted by molar-refractivity contribution is 5.85. The van der Waals surface area contributed by atoms with Gasteiger partial charge in [-0.25, -0.2) is 0 Å². The van der Waals surface area contributed by atoms with Gasteiger partial charge in [-0.3, -0.25) is 0 Å². The number of benzene rings is 10. The lowest BCUT2D eigenvalue weighted by molar-refractivity contribution is -0.0150. The number of fused-ring (bicyclic) bond motifs is 2. The average molecular weight is 1050 g/mol. The van der Waals surface area contributed by atoms with Gasteiger partial charge in [-0.15, -0.1) is 0 Å². The molecule has 10 aromatic rings. The van der Waals surface area contributed by atoms with E-state index in [1.165, 1.54) is 79.4 Å². The topological polar surface area (TPSA) is 13.0 Å². The van der Waals surface area contributed by atoms with Gasteiger partial charge in [-0.1, -0.05) is 154 Å². The molecule has 4 nitrogen and oxygen atoms in total. The minimum atomic E-state index is 0.219. The van der Waals surface area contributed by atoms with Crippen LogP contribution in [-0.4, -0.2) is 0 Å². The molecule has 4 heteroatoms. The molecule has 3 bridgehead atoms. The van der Waals surface area contributed by atoms with Crippen molar-refractivity contribution >= 4 is 74.3 Å². The third-order valence-corrected chi connectivity index (χ3v) is 18.1. The Morgan fingerprint density at radius 1 is 0.383 bits per heavy atom. The largest absolute Gasteiger partial charge is 0.311 e. The maximum Gasteiger partial charge on any atom is 0.0463 e. The molecule has 3 saturated carbocycles. The van der Waals surface area contributed by atoms with Crippen molar-refractivity contribution in [3.05, 3.63) is 296 Å². The molecule has 0 saturated heterocycles. The van der Waals surface area contributed by atoms with Crippen LogP contribution in [0.1, 0.15) is 86.5 Å². The number of aryl methyl sites for hydroxylation is 1. The highest BCUT2D eigenvalue weighted by Gasteiger charge is 2.56. The summed E-state index contributed by atoms with van der Waals surface area (Å²) in [5.41, 5.74) is 19.2. The molecule has 0 N–H and O–H groups in total. The van der Waals surface area contributed by atoms with Gasteiger partial charge in [0.1, 0.15) is 0 Å². The van der Waals surface area contributed by atoms with Crippen molar-refractivity contribution in [2.45, 2.75) is 76.0 Å². The first-order valence-electron chi connectivity index (χ1n) is 29.6. The Bertz CT molecular complexity index is 3600. The number of hydrogen-bond acceptors (Lipinski definition) is 4. The van der Waals surface area contributed by atoms with Gasteiger partial charge < -0.3 is 19.6 Å². The highest BCUT2D eigenvalue weighted by atomic mass is 15.2. The van der Waals surface area contributed by atoms with Gasteiger partial charge >= 0.3 is 0 Å². The fourth-order valence-electron chi connectivity index (χ4n) is 14.4. The number of nitrogens with zero attached hydrogens (tertiary/aromatic N) is 4. The molecular weight excluding hydrogens is 981 g/mol. The van der Waals surface area contributed by atoms with Crippen LogP contribution in [0.15, 0.2) is 273 Å². The average Bonchev–Trinajstić information content (AvgIpc) is 3.62. The molecule has 0 amide bonds. The molecule has 0 aromatic heterocycles. The van der Waals surface area contributed by atoms with Crippen molar-refractivity contribution in [3.63, 3.8) is 0 Å². The van der Waals surface area contributed by atoms with Gasteiger partial charge in [-0.05, 0) is 242 Å². The highest BCUT2D eigenvalue weighted by Crippen LogP contribution is 2.64. The summed E-state index contributed by atoms with van der Waals surface area (Å²) < 4.78 is 0. The van der Waals surface area contributed by atoms with Crippen molar-refractivity contribution in [2.24, 2.45) is 17.8 Å². The van der Waals surface area contributed by atoms with E-state index < -0.39 is 0 Å². The van der Waals surface area contributed by atoms with Gasteiger partial charge in [0.15, 0.2) is 0 Å². The summed E-state index contributed by atoms with van der Waals surface area (Å²) >= 11 is 0. The number of anilines is 12. The number of hydrogen-bond donors (Lipinski definition) is 0. The van der Waals surface area contributed by atoms with Crippen molar-refractivity contribution in [1.29, 1.82) is 0 Å². The second-order valence-electron chi connectivity index (χ2n) is 23.0. The number of unbranched alkanes of at least 4 members (excludes halogenated alkanes) is 1. The monoisotopic (exact) mass is 1050 g/mol. The summed E-state index contributed by atoms with van der Waals surface area (Å²) in [5.74, 6) is 2.88. The van der Waals surface area contributed by atoms with Crippen LogP contribution in [0.25, 0.3) is 6.08 Å². The normalized spacial score (nSPS) is 18.9. The Hall–Kier alpha value is -8.86. The van der Waals surface area contributed by atoms with E-state index >= 15 is 0 Å². The van der Waals surface area contributed by atoms with E-state index in [9.17, 15) is 0 Å². The molecule has 0 spiro atoms. The van der Waals surface area contributed by atoms with Gasteiger partial charge in [0.05, 0.1) is 0 Å². The third-order valence-electron chi connectivity index (χ3n) is 18.1. The Morgan fingerprint density at radius 2 is 0.728 bits per heavy atom. The Labute approximate surface area is 480 Å². The molecule has 81 heavy (non-hydrogen) atoms. The molecule has 3 fully saturated rings. The predicted octanol–water partition coefficient (Wildman–Crippen LogP) is 21.8. The summed E-state index contributed by atoms with van der Waals surface area (Å²) in [6, 6.07) is 98.4. The SMILES string of the molecule is C=Cc1ccc(C2CC3CC4CCC2C(c2ccc(N(c5ccc(CCCC)cc5)c5ccc(N(c6ccccc6)c6ccc(N(c7ccccc7)c7ccc(N(c8ccccc8)c8ccccc8)cc7)cc6)cc5)cc2)(C4)C3)cc1. The van der Waals surface area contributed by atoms with Crippen LogP contribution in [-0.2, 0) is 11.8 Å². The molecular formula is C77H72N4. The van der Waals surface area contributed by atoms with Crippen molar-refractivity contribution in [2.75, 3.05) is 19.6 Å². The zero-order chi connectivity index (χ0) is 54.5. The molecule has 5 atom stereocenters. The Kier molecular flexibility index (Phi) is 14.7. The number of para-hydroxylation sites is 4. The van der Waals surface area contributed by atoms with Gasteiger partial charge in [0.25, 0.3) is 0 Å². The summed E-state index contributed by atoms with van der Waals surface area (Å²) in [5, 5.41) is 0. The Balaban J connectivity index is 0.822. The van der Waals surface area contributed by atoms with Gasteiger partial charge in [-0.2, -0.15) is 0 Å². The van der Waals surface area contributed by atoms with Crippen LogP contribution >= 0.6 is 0 Å². The van der Waals surface area contributed by atoms with E-state index in [4.69, 9.17) is 0 Å². The van der Waals surface area contributed by atoms with Crippen LogP contribution in [0.3, 0.4) is 0 Å². The fraction of sp³-hybridized carbons (Fsp3) is 0.195. The second kappa shape index (κ2) is 23.1. The Morgan fingerprint density at radius 3 is 1.10 bits per heavy atom. The van der Waals surface area contributed by atoms with E-state index in [0.717, 1.165) is 75.1 Å². The molecule has 0 radical (unpaired) electrons. The minimum absolute atomic E-state index is 0.219. The summed E-state index contributed by atoms with van der Waals surface area (Å²) in [6.45, 7) is 6.32. The first-order valence-corrected chi connectivity index (χ1v) is 29.6. The van der Waals surface area contributed by atoms with Gasteiger partial charge in [0, 0.05) is 68.2 Å². The molecule has 5 unspecified atom stereocenters. The lowest BCUT2D eigenvalue weighted by Gasteiger charge is -2.60. The quantitative estimate of drug-likeness (QED) is 0.0849. The molecule has 3 aliphatic carbocycles. The van der Waals surface area contributed by atoms with E-state index in [2.05, 4.69) is 300 Å². The van der Waals surface area contributed by atoms with Crippen LogP contribution in [0.2, 0.25) is 0 Å². The van der Waals surface area contributed by atoms with Crippen molar-refractivity contribution in [1.82, 2.24) is 0 Å². The first-order chi connectivity index (χ1) is 40.0. The van der Waals surface area contributed by atoms with Crippen molar-refractivity contribution in [3.8, 4) is 0 Å². The summed E-state index contributed by atoms with van der Waals surface area (Å²) in [4.78, 5) is 9.48. The second-order valence-corrected chi connectivity index (χ2v) is 23.0. The summed E-state index contributed by atoms with van der Waals surface area (Å²) in [7, 11) is 0. The zero-order valence-corrected chi connectivity index (χ0v) is 46.7. The van der Waals surface area contributed by atoms with Crippen LogP contribution in [0.4, 0.5) is 68.2 Å².